The molecule has 0 spiro atoms. The van der Waals surface area contributed by atoms with Gasteiger partial charge in [-0.2, -0.15) is 0 Å². The van der Waals surface area contributed by atoms with Crippen molar-refractivity contribution >= 4 is 11.7 Å². The molecule has 2 N–H and O–H groups in total. The highest BCUT2D eigenvalue weighted by Gasteiger charge is 2.39. The van der Waals surface area contributed by atoms with Crippen LogP contribution in [0.5, 0.6) is 0 Å². The molecule has 0 fully saturated rings. The Morgan fingerprint density at radius 2 is 1.45 bits per heavy atom. The van der Waals surface area contributed by atoms with E-state index in [9.17, 15) is 15.0 Å². The maximum Gasteiger partial charge on any atom is 0.345 e. The van der Waals surface area contributed by atoms with Crippen LogP contribution < -0.4 is 4.90 Å². The molecule has 4 nitrogen and oxygen atoms in total. The van der Waals surface area contributed by atoms with Crippen molar-refractivity contribution in [1.82, 2.24) is 0 Å². The highest BCUT2D eigenvalue weighted by Crippen LogP contribution is 2.31. The number of carboxylic acids is 1. The van der Waals surface area contributed by atoms with E-state index in [1.807, 2.05) is 19.0 Å². The monoisotopic (exact) mass is 271 g/mol. The molecule has 0 bridgehead atoms. The summed E-state index contributed by atoms with van der Waals surface area (Å²) >= 11 is 0. The Kier molecular flexibility index (Phi) is 3.77. The molecule has 0 aliphatic heterocycles. The Hall–Kier alpha value is -2.33. The molecule has 1 unspecified atom stereocenters. The minimum atomic E-state index is -2.04. The van der Waals surface area contributed by atoms with E-state index in [1.54, 1.807) is 54.6 Å². The summed E-state index contributed by atoms with van der Waals surface area (Å²) in [5.74, 6) is -1.29. The van der Waals surface area contributed by atoms with Crippen LogP contribution in [0, 0.1) is 0 Å². The van der Waals surface area contributed by atoms with Gasteiger partial charge in [-0.25, -0.2) is 4.79 Å². The normalized spacial score (nSPS) is 13.6. The van der Waals surface area contributed by atoms with Crippen LogP contribution in [0.25, 0.3) is 0 Å². The summed E-state index contributed by atoms with van der Waals surface area (Å²) in [5, 5.41) is 20.1. The van der Waals surface area contributed by atoms with Crippen molar-refractivity contribution in [2.75, 3.05) is 19.0 Å². The summed E-state index contributed by atoms with van der Waals surface area (Å²) in [6, 6.07) is 15.2. The molecule has 2 aromatic carbocycles. The van der Waals surface area contributed by atoms with Crippen LogP contribution in [0.1, 0.15) is 11.1 Å². The fourth-order valence-electron chi connectivity index (χ4n) is 2.09. The zero-order valence-electron chi connectivity index (χ0n) is 11.4. The van der Waals surface area contributed by atoms with E-state index >= 15 is 0 Å². The van der Waals surface area contributed by atoms with Gasteiger partial charge in [-0.05, 0) is 23.3 Å². The molecule has 0 aromatic heterocycles. The largest absolute Gasteiger partial charge is 0.479 e. The van der Waals surface area contributed by atoms with Crippen LogP contribution in [-0.2, 0) is 10.4 Å². The molecule has 2 aromatic rings. The van der Waals surface area contributed by atoms with Gasteiger partial charge in [0.1, 0.15) is 0 Å². The van der Waals surface area contributed by atoms with Crippen molar-refractivity contribution in [3.05, 3.63) is 65.7 Å². The first kappa shape index (κ1) is 14.1. The predicted molar refractivity (Wildman–Crippen MR) is 77.8 cm³/mol. The number of benzene rings is 2. The molecule has 0 amide bonds. The van der Waals surface area contributed by atoms with Crippen molar-refractivity contribution in [3.8, 4) is 0 Å². The van der Waals surface area contributed by atoms with Gasteiger partial charge in [0.25, 0.3) is 0 Å². The van der Waals surface area contributed by atoms with Gasteiger partial charge in [-0.1, -0.05) is 42.5 Å². The Labute approximate surface area is 117 Å². The fourth-order valence-corrected chi connectivity index (χ4v) is 2.09. The summed E-state index contributed by atoms with van der Waals surface area (Å²) in [4.78, 5) is 13.5. The van der Waals surface area contributed by atoms with E-state index in [-0.39, 0.29) is 0 Å². The number of rotatable bonds is 4. The summed E-state index contributed by atoms with van der Waals surface area (Å²) in [5.41, 5.74) is -0.423. The third kappa shape index (κ3) is 2.38. The Morgan fingerprint density at radius 1 is 0.950 bits per heavy atom. The lowest BCUT2D eigenvalue weighted by Crippen LogP contribution is -2.36. The second-order valence-electron chi connectivity index (χ2n) is 4.82. The molecule has 4 heteroatoms. The average Bonchev–Trinajstić information content (AvgIpc) is 2.47. The van der Waals surface area contributed by atoms with Crippen LogP contribution in [0.2, 0.25) is 0 Å². The number of hydrogen-bond acceptors (Lipinski definition) is 3. The highest BCUT2D eigenvalue weighted by molar-refractivity contribution is 5.83. The molecule has 1 atom stereocenters. The van der Waals surface area contributed by atoms with E-state index in [4.69, 9.17) is 0 Å². The highest BCUT2D eigenvalue weighted by atomic mass is 16.4. The average molecular weight is 271 g/mol. The molecule has 0 aliphatic carbocycles. The second kappa shape index (κ2) is 5.35. The van der Waals surface area contributed by atoms with E-state index < -0.39 is 11.6 Å². The molecular weight excluding hydrogens is 254 g/mol. The van der Waals surface area contributed by atoms with Crippen molar-refractivity contribution in [1.29, 1.82) is 0 Å². The predicted octanol–water partition coefficient (Wildman–Crippen LogP) is 2.07. The molecule has 2 rings (SSSR count). The SMILES string of the molecule is CN(C)c1ccc(C(O)(C(=O)O)c2ccccc2)cc1. The second-order valence-corrected chi connectivity index (χ2v) is 4.82. The van der Waals surface area contributed by atoms with E-state index in [0.717, 1.165) is 5.69 Å². The lowest BCUT2D eigenvalue weighted by Gasteiger charge is -2.25. The van der Waals surface area contributed by atoms with Crippen LogP contribution in [0.3, 0.4) is 0 Å². The van der Waals surface area contributed by atoms with E-state index in [1.165, 1.54) is 0 Å². The third-order valence-electron chi connectivity index (χ3n) is 3.30. The summed E-state index contributed by atoms with van der Waals surface area (Å²) in [6.07, 6.45) is 0. The first-order valence-corrected chi connectivity index (χ1v) is 6.25. The molecule has 20 heavy (non-hydrogen) atoms. The topological polar surface area (TPSA) is 60.8 Å². The van der Waals surface area contributed by atoms with Crippen molar-refractivity contribution in [2.45, 2.75) is 5.60 Å². The standard InChI is InChI=1S/C16H17NO3/c1-17(2)14-10-8-13(9-11-14)16(20,15(18)19)12-6-4-3-5-7-12/h3-11,20H,1-2H3,(H,18,19). The fraction of sp³-hybridized carbons (Fsp3) is 0.188. The van der Waals surface area contributed by atoms with Gasteiger partial charge in [-0.15, -0.1) is 0 Å². The van der Waals surface area contributed by atoms with Gasteiger partial charge in [0.2, 0.25) is 5.60 Å². The zero-order chi connectivity index (χ0) is 14.8. The molecule has 0 saturated carbocycles. The summed E-state index contributed by atoms with van der Waals surface area (Å²) < 4.78 is 0. The smallest absolute Gasteiger partial charge is 0.345 e. The van der Waals surface area contributed by atoms with E-state index in [0.29, 0.717) is 11.1 Å². The van der Waals surface area contributed by atoms with Gasteiger partial charge < -0.3 is 15.1 Å². The van der Waals surface area contributed by atoms with E-state index in [2.05, 4.69) is 0 Å². The van der Waals surface area contributed by atoms with Crippen molar-refractivity contribution in [3.63, 3.8) is 0 Å². The van der Waals surface area contributed by atoms with Crippen LogP contribution >= 0.6 is 0 Å². The number of aliphatic carboxylic acids is 1. The number of hydrogen-bond donors (Lipinski definition) is 2. The van der Waals surface area contributed by atoms with Gasteiger partial charge in [0.15, 0.2) is 0 Å². The number of aliphatic hydroxyl groups is 1. The van der Waals surface area contributed by atoms with Gasteiger partial charge in [-0.3, -0.25) is 0 Å². The van der Waals surface area contributed by atoms with Crippen molar-refractivity contribution in [2.24, 2.45) is 0 Å². The quantitative estimate of drug-likeness (QED) is 0.893. The van der Waals surface area contributed by atoms with Gasteiger partial charge in [0, 0.05) is 19.8 Å². The molecular formula is C16H17NO3. The van der Waals surface area contributed by atoms with Crippen LogP contribution in [-0.4, -0.2) is 30.3 Å². The number of nitrogens with zero attached hydrogens (tertiary/aromatic N) is 1. The Balaban J connectivity index is 2.51. The minimum Gasteiger partial charge on any atom is -0.479 e. The Morgan fingerprint density at radius 3 is 1.90 bits per heavy atom. The van der Waals surface area contributed by atoms with Crippen molar-refractivity contribution < 1.29 is 15.0 Å². The number of anilines is 1. The molecule has 0 heterocycles. The number of carboxylic acid groups (broad SMARTS) is 1. The summed E-state index contributed by atoms with van der Waals surface area (Å²) in [6.45, 7) is 0. The molecule has 0 saturated heterocycles. The first-order chi connectivity index (χ1) is 9.46. The van der Waals surface area contributed by atoms with Crippen LogP contribution in [0.15, 0.2) is 54.6 Å². The maximum absolute atomic E-state index is 11.6. The lowest BCUT2D eigenvalue weighted by molar-refractivity contribution is -0.155. The minimum absolute atomic E-state index is 0.335. The molecule has 0 radical (unpaired) electrons. The molecule has 104 valence electrons. The number of carbonyl (C=O) groups is 1. The van der Waals surface area contributed by atoms with Gasteiger partial charge >= 0.3 is 5.97 Å². The maximum atomic E-state index is 11.6. The third-order valence-corrected chi connectivity index (χ3v) is 3.30. The van der Waals surface area contributed by atoms with Gasteiger partial charge in [0.05, 0.1) is 0 Å². The molecule has 0 aliphatic rings. The van der Waals surface area contributed by atoms with Crippen LogP contribution in [0.4, 0.5) is 5.69 Å². The zero-order valence-corrected chi connectivity index (χ0v) is 11.4. The Bertz CT molecular complexity index is 593. The summed E-state index contributed by atoms with van der Waals surface area (Å²) in [7, 11) is 3.80. The first-order valence-electron chi connectivity index (χ1n) is 6.25. The lowest BCUT2D eigenvalue weighted by atomic mass is 9.86.